The van der Waals surface area contributed by atoms with E-state index in [1.54, 1.807) is 6.20 Å². The van der Waals surface area contributed by atoms with Crippen molar-refractivity contribution in [1.82, 2.24) is 4.98 Å². The standard InChI is InChI=1S/C13H15N3/c14-9-13-12(7-4-8-15-13)16-10-11-5-2-1-3-6-11/h1-2,4,7-8,11,16H,3,5-6,10H2. The first-order valence-corrected chi connectivity index (χ1v) is 5.64. The van der Waals surface area contributed by atoms with Crippen LogP contribution in [0.15, 0.2) is 30.5 Å². The minimum absolute atomic E-state index is 0.480. The summed E-state index contributed by atoms with van der Waals surface area (Å²) in [4.78, 5) is 4.02. The SMILES string of the molecule is N#Cc1ncccc1NCC1CC=CCC1. The van der Waals surface area contributed by atoms with Gasteiger partial charge in [-0.05, 0) is 37.3 Å². The Morgan fingerprint density at radius 2 is 2.44 bits per heavy atom. The molecule has 1 aromatic rings. The van der Waals surface area contributed by atoms with Crippen LogP contribution < -0.4 is 5.32 Å². The van der Waals surface area contributed by atoms with E-state index in [1.165, 1.54) is 12.8 Å². The Morgan fingerprint density at radius 3 is 3.19 bits per heavy atom. The summed E-state index contributed by atoms with van der Waals surface area (Å²) in [5, 5.41) is 12.2. The van der Waals surface area contributed by atoms with E-state index in [0.29, 0.717) is 11.6 Å². The van der Waals surface area contributed by atoms with E-state index in [-0.39, 0.29) is 0 Å². The van der Waals surface area contributed by atoms with Crippen molar-refractivity contribution >= 4 is 5.69 Å². The van der Waals surface area contributed by atoms with Crippen LogP contribution in [0, 0.1) is 17.2 Å². The molecule has 0 bridgehead atoms. The summed E-state index contributed by atoms with van der Waals surface area (Å²) in [6, 6.07) is 5.85. The lowest BCUT2D eigenvalue weighted by molar-refractivity contribution is 0.504. The summed E-state index contributed by atoms with van der Waals surface area (Å²) in [7, 11) is 0. The first-order chi connectivity index (χ1) is 7.90. The van der Waals surface area contributed by atoms with Crippen molar-refractivity contribution in [2.24, 2.45) is 5.92 Å². The highest BCUT2D eigenvalue weighted by atomic mass is 14.9. The molecule has 1 unspecified atom stereocenters. The molecule has 1 aliphatic carbocycles. The fraction of sp³-hybridized carbons (Fsp3) is 0.385. The van der Waals surface area contributed by atoms with Gasteiger partial charge in [-0.15, -0.1) is 0 Å². The van der Waals surface area contributed by atoms with Crippen molar-refractivity contribution in [3.05, 3.63) is 36.2 Å². The van der Waals surface area contributed by atoms with Gasteiger partial charge in [0.2, 0.25) is 0 Å². The Kier molecular flexibility index (Phi) is 3.55. The smallest absolute Gasteiger partial charge is 0.163 e. The first kappa shape index (κ1) is 10.7. The summed E-state index contributed by atoms with van der Waals surface area (Å²) in [6.07, 6.45) is 9.66. The highest BCUT2D eigenvalue weighted by Gasteiger charge is 2.10. The lowest BCUT2D eigenvalue weighted by Gasteiger charge is -2.18. The number of allylic oxidation sites excluding steroid dienone is 2. The number of hydrogen-bond acceptors (Lipinski definition) is 3. The molecule has 0 radical (unpaired) electrons. The summed E-state index contributed by atoms with van der Waals surface area (Å²) in [5.41, 5.74) is 1.33. The Balaban J connectivity index is 1.94. The van der Waals surface area contributed by atoms with Crippen LogP contribution in [0.1, 0.15) is 25.0 Å². The molecule has 1 aliphatic rings. The molecule has 3 heteroatoms. The zero-order valence-electron chi connectivity index (χ0n) is 9.19. The fourth-order valence-electron chi connectivity index (χ4n) is 1.93. The number of nitrogens with one attached hydrogen (secondary N) is 1. The number of anilines is 1. The highest BCUT2D eigenvalue weighted by Crippen LogP contribution is 2.19. The van der Waals surface area contributed by atoms with Crippen LogP contribution in [0.25, 0.3) is 0 Å². The highest BCUT2D eigenvalue weighted by molar-refractivity contribution is 5.53. The van der Waals surface area contributed by atoms with E-state index < -0.39 is 0 Å². The van der Waals surface area contributed by atoms with Crippen LogP contribution in [0.4, 0.5) is 5.69 Å². The van der Waals surface area contributed by atoms with Crippen molar-refractivity contribution < 1.29 is 0 Å². The van der Waals surface area contributed by atoms with Gasteiger partial charge in [0.15, 0.2) is 5.69 Å². The predicted molar refractivity (Wildman–Crippen MR) is 63.9 cm³/mol. The topological polar surface area (TPSA) is 48.7 Å². The first-order valence-electron chi connectivity index (χ1n) is 5.64. The van der Waals surface area contributed by atoms with Crippen LogP contribution in [0.5, 0.6) is 0 Å². The van der Waals surface area contributed by atoms with Gasteiger partial charge in [-0.1, -0.05) is 12.2 Å². The van der Waals surface area contributed by atoms with Crippen molar-refractivity contribution in [1.29, 1.82) is 5.26 Å². The minimum Gasteiger partial charge on any atom is -0.382 e. The lowest BCUT2D eigenvalue weighted by atomic mass is 9.94. The zero-order valence-corrected chi connectivity index (χ0v) is 9.19. The monoisotopic (exact) mass is 213 g/mol. The van der Waals surface area contributed by atoms with Gasteiger partial charge < -0.3 is 5.32 Å². The second-order valence-corrected chi connectivity index (χ2v) is 4.04. The molecule has 1 aromatic heterocycles. The number of nitriles is 1. The average molecular weight is 213 g/mol. The third-order valence-electron chi connectivity index (χ3n) is 2.87. The minimum atomic E-state index is 0.480. The van der Waals surface area contributed by atoms with Crippen LogP contribution in [-0.2, 0) is 0 Å². The predicted octanol–water partition coefficient (Wildman–Crippen LogP) is 2.72. The van der Waals surface area contributed by atoms with E-state index in [2.05, 4.69) is 28.5 Å². The average Bonchev–Trinajstić information content (AvgIpc) is 2.38. The van der Waals surface area contributed by atoms with Gasteiger partial charge in [0, 0.05) is 12.7 Å². The van der Waals surface area contributed by atoms with E-state index in [1.807, 2.05) is 12.1 Å². The molecule has 0 amide bonds. The molecule has 1 N–H and O–H groups in total. The molecule has 0 fully saturated rings. The maximum absolute atomic E-state index is 8.89. The van der Waals surface area contributed by atoms with Crippen molar-refractivity contribution in [2.45, 2.75) is 19.3 Å². The van der Waals surface area contributed by atoms with E-state index in [0.717, 1.165) is 18.7 Å². The lowest BCUT2D eigenvalue weighted by Crippen LogP contribution is -2.16. The molecule has 2 rings (SSSR count). The Labute approximate surface area is 95.8 Å². The summed E-state index contributed by atoms with van der Waals surface area (Å²) in [6.45, 7) is 0.921. The van der Waals surface area contributed by atoms with Crippen LogP contribution in [-0.4, -0.2) is 11.5 Å². The van der Waals surface area contributed by atoms with Crippen LogP contribution in [0.3, 0.4) is 0 Å². The van der Waals surface area contributed by atoms with E-state index in [4.69, 9.17) is 5.26 Å². The van der Waals surface area contributed by atoms with Crippen molar-refractivity contribution in [3.63, 3.8) is 0 Å². The van der Waals surface area contributed by atoms with Gasteiger partial charge in [0.1, 0.15) is 6.07 Å². The van der Waals surface area contributed by atoms with Crippen molar-refractivity contribution in [2.75, 3.05) is 11.9 Å². The molecule has 0 saturated heterocycles. The molecule has 1 heterocycles. The molecule has 0 aromatic carbocycles. The largest absolute Gasteiger partial charge is 0.382 e. The van der Waals surface area contributed by atoms with Crippen LogP contribution in [0.2, 0.25) is 0 Å². The molecular formula is C13H15N3. The molecule has 0 aliphatic heterocycles. The zero-order chi connectivity index (χ0) is 11.2. The third kappa shape index (κ3) is 2.60. The number of hydrogen-bond donors (Lipinski definition) is 1. The van der Waals surface area contributed by atoms with E-state index in [9.17, 15) is 0 Å². The Bertz CT molecular complexity index is 417. The van der Waals surface area contributed by atoms with Gasteiger partial charge in [-0.3, -0.25) is 0 Å². The molecule has 0 spiro atoms. The molecule has 3 nitrogen and oxygen atoms in total. The molecule has 16 heavy (non-hydrogen) atoms. The number of aromatic nitrogens is 1. The van der Waals surface area contributed by atoms with Gasteiger partial charge in [-0.2, -0.15) is 5.26 Å². The maximum atomic E-state index is 8.89. The quantitative estimate of drug-likeness (QED) is 0.785. The summed E-state index contributed by atoms with van der Waals surface area (Å²) in [5.74, 6) is 0.678. The Morgan fingerprint density at radius 1 is 1.50 bits per heavy atom. The second kappa shape index (κ2) is 5.32. The van der Waals surface area contributed by atoms with Gasteiger partial charge in [0.25, 0.3) is 0 Å². The van der Waals surface area contributed by atoms with E-state index >= 15 is 0 Å². The fourth-order valence-corrected chi connectivity index (χ4v) is 1.93. The summed E-state index contributed by atoms with van der Waals surface area (Å²) >= 11 is 0. The summed E-state index contributed by atoms with van der Waals surface area (Å²) < 4.78 is 0. The third-order valence-corrected chi connectivity index (χ3v) is 2.87. The van der Waals surface area contributed by atoms with Crippen molar-refractivity contribution in [3.8, 4) is 6.07 Å². The molecular weight excluding hydrogens is 198 g/mol. The second-order valence-electron chi connectivity index (χ2n) is 4.04. The maximum Gasteiger partial charge on any atom is 0.163 e. The van der Waals surface area contributed by atoms with Gasteiger partial charge >= 0.3 is 0 Å². The molecule has 1 atom stereocenters. The van der Waals surface area contributed by atoms with Gasteiger partial charge in [-0.25, -0.2) is 4.98 Å². The Hall–Kier alpha value is -1.82. The van der Waals surface area contributed by atoms with Gasteiger partial charge in [0.05, 0.1) is 5.69 Å². The van der Waals surface area contributed by atoms with Crippen LogP contribution >= 0.6 is 0 Å². The molecule has 82 valence electrons. The number of pyridine rings is 1. The number of rotatable bonds is 3. The number of nitrogens with zero attached hydrogens (tertiary/aromatic N) is 2. The normalized spacial score (nSPS) is 19.1. The molecule has 0 saturated carbocycles.